The summed E-state index contributed by atoms with van der Waals surface area (Å²) in [6.07, 6.45) is 0. The Hall–Kier alpha value is 2.90. The van der Waals surface area contributed by atoms with E-state index in [0.29, 0.717) is 0 Å². The van der Waals surface area contributed by atoms with Gasteiger partial charge in [0, 0.05) is 93.3 Å². The number of rotatable bonds is 0. The summed E-state index contributed by atoms with van der Waals surface area (Å²) in [5, 5.41) is 0. The number of hydrogen-bond acceptors (Lipinski definition) is 0. The minimum Gasteiger partial charge on any atom is 0 e. The van der Waals surface area contributed by atoms with Gasteiger partial charge in [-0.3, -0.25) is 0 Å². The van der Waals surface area contributed by atoms with Gasteiger partial charge >= 0.3 is 0 Å². The summed E-state index contributed by atoms with van der Waals surface area (Å²) in [5.74, 6) is 0. The van der Waals surface area contributed by atoms with E-state index in [4.69, 9.17) is 0 Å². The fraction of sp³-hybridized carbons (Fsp3) is 0. The average molecular weight is 359 g/mol. The summed E-state index contributed by atoms with van der Waals surface area (Å²) in [5.41, 5.74) is 0. The second-order valence-electron chi connectivity index (χ2n) is 0. The molecule has 0 atom stereocenters. The molecule has 0 amide bonds. The SMILES string of the molecule is [Cu].[Ga].[In].[S].[Se]. The van der Waals surface area contributed by atoms with E-state index >= 15 is 0 Å². The van der Waals surface area contributed by atoms with Crippen molar-refractivity contribution < 1.29 is 17.1 Å². The second kappa shape index (κ2) is 28.6. The van der Waals surface area contributed by atoms with Crippen LogP contribution in [-0.4, -0.2) is 62.7 Å². The van der Waals surface area contributed by atoms with E-state index in [9.17, 15) is 0 Å². The topological polar surface area (TPSA) is 0 Å². The third-order valence-corrected chi connectivity index (χ3v) is 0. The Bertz CT molecular complexity index is 11.6. The minimum absolute atomic E-state index is 0. The van der Waals surface area contributed by atoms with Crippen molar-refractivity contribution >= 4 is 76.2 Å². The van der Waals surface area contributed by atoms with Crippen LogP contribution in [0, 0.1) is 0 Å². The quantitative estimate of drug-likeness (QED) is 0.512. The summed E-state index contributed by atoms with van der Waals surface area (Å²) in [6, 6.07) is 0. The van der Waals surface area contributed by atoms with Crippen LogP contribution in [0.1, 0.15) is 0 Å². The van der Waals surface area contributed by atoms with Crippen molar-refractivity contribution in [3.8, 4) is 0 Å². The molecule has 0 aliphatic carbocycles. The van der Waals surface area contributed by atoms with Crippen LogP contribution in [0.15, 0.2) is 0 Å². The molecule has 0 nitrogen and oxygen atoms in total. The minimum atomic E-state index is 0. The predicted molar refractivity (Wildman–Crippen MR) is 24.9 cm³/mol. The molecule has 29 valence electrons. The van der Waals surface area contributed by atoms with Gasteiger partial charge in [-0.1, -0.05) is 0 Å². The second-order valence-corrected chi connectivity index (χ2v) is 0. The molecular formula is CuGaInSSe. The van der Waals surface area contributed by atoms with Crippen LogP contribution in [0.4, 0.5) is 0 Å². The predicted octanol–water partition coefficient (Wildman–Crippen LogP) is -0.497. The smallest absolute Gasteiger partial charge is 0 e. The van der Waals surface area contributed by atoms with Crippen molar-refractivity contribution in [2.45, 2.75) is 0 Å². The molecular weight excluding hydrogens is 359 g/mol. The van der Waals surface area contributed by atoms with Gasteiger partial charge in [0.15, 0.2) is 0 Å². The molecule has 0 rings (SSSR count). The van der Waals surface area contributed by atoms with Crippen molar-refractivity contribution in [1.82, 2.24) is 0 Å². The molecule has 0 saturated heterocycles. The van der Waals surface area contributed by atoms with E-state index in [-0.39, 0.29) is 93.3 Å². The molecule has 0 heterocycles. The van der Waals surface area contributed by atoms with Crippen LogP contribution in [0.25, 0.3) is 0 Å². The molecule has 0 fully saturated rings. The van der Waals surface area contributed by atoms with Crippen LogP contribution in [0.2, 0.25) is 0 Å². The van der Waals surface area contributed by atoms with Crippen LogP contribution >= 0.6 is 13.5 Å². The van der Waals surface area contributed by atoms with E-state index in [1.165, 1.54) is 0 Å². The van der Waals surface area contributed by atoms with Gasteiger partial charge in [0.1, 0.15) is 0 Å². The van der Waals surface area contributed by atoms with E-state index in [0.717, 1.165) is 0 Å². The Morgan fingerprint density at radius 3 is 1.00 bits per heavy atom. The molecule has 0 aromatic heterocycles. The molecule has 0 N–H and O–H groups in total. The number of hydrogen-bond donors (Lipinski definition) is 0. The third kappa shape index (κ3) is 19.7. The van der Waals surface area contributed by atoms with Crippen molar-refractivity contribution in [1.29, 1.82) is 0 Å². The first-order chi connectivity index (χ1) is 0. The van der Waals surface area contributed by atoms with Gasteiger partial charge < -0.3 is 0 Å². The third-order valence-electron chi connectivity index (χ3n) is 0. The zero-order valence-electron chi connectivity index (χ0n) is 2.27. The Balaban J connectivity index is 0. The Morgan fingerprint density at radius 1 is 1.00 bits per heavy atom. The summed E-state index contributed by atoms with van der Waals surface area (Å²) >= 11 is 0. The van der Waals surface area contributed by atoms with Crippen molar-refractivity contribution in [2.75, 3.05) is 0 Å². The summed E-state index contributed by atoms with van der Waals surface area (Å²) in [7, 11) is 0. The van der Waals surface area contributed by atoms with Gasteiger partial charge in [-0.15, -0.1) is 0 Å². The Labute approximate surface area is 91.8 Å². The largest absolute Gasteiger partial charge is 0 e. The normalized spacial score (nSPS) is 0. The molecule has 0 saturated carbocycles. The monoisotopic (exact) mass is 359 g/mol. The molecule has 0 aromatic carbocycles. The molecule has 0 aliphatic heterocycles. The fourth-order valence-corrected chi connectivity index (χ4v) is 0. The standard InChI is InChI=1S/Cu.Ga.In.S.Se. The van der Waals surface area contributed by atoms with Gasteiger partial charge in [0.2, 0.25) is 0 Å². The van der Waals surface area contributed by atoms with Crippen LogP contribution < -0.4 is 0 Å². The molecule has 5 heavy (non-hydrogen) atoms. The van der Waals surface area contributed by atoms with Gasteiger partial charge in [-0.2, -0.15) is 0 Å². The van der Waals surface area contributed by atoms with E-state index in [1.807, 2.05) is 0 Å². The van der Waals surface area contributed by atoms with Gasteiger partial charge in [0.25, 0.3) is 0 Å². The first-order valence-electron chi connectivity index (χ1n) is 0. The first kappa shape index (κ1) is 44.8. The first-order valence-corrected chi connectivity index (χ1v) is 0. The van der Waals surface area contributed by atoms with Crippen molar-refractivity contribution in [2.24, 2.45) is 0 Å². The molecule has 0 unspecified atom stereocenters. The van der Waals surface area contributed by atoms with E-state index in [1.54, 1.807) is 0 Å². The molecule has 5 heteroatoms. The Morgan fingerprint density at radius 2 is 1.00 bits per heavy atom. The molecule has 0 bridgehead atoms. The molecule has 0 aromatic rings. The molecule has 11 radical (unpaired) electrons. The zero-order valence-corrected chi connectivity index (χ0v) is 11.5. The molecule has 0 spiro atoms. The van der Waals surface area contributed by atoms with Crippen LogP contribution in [-0.2, 0) is 17.1 Å². The van der Waals surface area contributed by atoms with Crippen molar-refractivity contribution in [3.05, 3.63) is 0 Å². The maximum Gasteiger partial charge on any atom is 0 e. The zero-order chi connectivity index (χ0) is 0. The summed E-state index contributed by atoms with van der Waals surface area (Å²) in [4.78, 5) is 0. The average Bonchev–Trinajstić information content (AvgIpc) is 0. The maximum atomic E-state index is 0. The van der Waals surface area contributed by atoms with Crippen LogP contribution in [0.5, 0.6) is 0 Å². The molecule has 0 aliphatic rings. The van der Waals surface area contributed by atoms with E-state index in [2.05, 4.69) is 0 Å². The van der Waals surface area contributed by atoms with Gasteiger partial charge in [-0.25, -0.2) is 0 Å². The van der Waals surface area contributed by atoms with Gasteiger partial charge in [0.05, 0.1) is 0 Å². The summed E-state index contributed by atoms with van der Waals surface area (Å²) in [6.45, 7) is 0. The fourth-order valence-electron chi connectivity index (χ4n) is 0. The maximum absolute atomic E-state index is 0. The van der Waals surface area contributed by atoms with Crippen molar-refractivity contribution in [3.63, 3.8) is 0 Å². The van der Waals surface area contributed by atoms with Crippen LogP contribution in [0.3, 0.4) is 0 Å². The summed E-state index contributed by atoms with van der Waals surface area (Å²) < 4.78 is 0. The van der Waals surface area contributed by atoms with E-state index < -0.39 is 0 Å². The van der Waals surface area contributed by atoms with Gasteiger partial charge in [-0.05, 0) is 0 Å². The Kier molecular flexibility index (Phi) is 256.